The molecule has 0 aliphatic rings. The molecule has 0 fully saturated rings. The molecular weight excluding hydrogens is 284 g/mol. The normalized spacial score (nSPS) is 15.3. The van der Waals surface area contributed by atoms with Gasteiger partial charge >= 0.3 is 0 Å². The predicted octanol–water partition coefficient (Wildman–Crippen LogP) is 5.05. The Hall–Kier alpha value is -1.03. The first-order valence-corrected chi connectivity index (χ1v) is 7.81. The zero-order valence-corrected chi connectivity index (χ0v) is 14.0. The van der Waals surface area contributed by atoms with Crippen molar-refractivity contribution < 1.29 is 4.42 Å². The van der Waals surface area contributed by atoms with Crippen LogP contribution in [0.5, 0.6) is 0 Å². The van der Waals surface area contributed by atoms with Gasteiger partial charge < -0.3 is 4.42 Å². The minimum absolute atomic E-state index is 0.0218. The lowest BCUT2D eigenvalue weighted by Crippen LogP contribution is -2.29. The van der Waals surface area contributed by atoms with E-state index in [2.05, 4.69) is 33.1 Å². The molecule has 3 nitrogen and oxygen atoms in total. The minimum atomic E-state index is 0.0218. The van der Waals surface area contributed by atoms with E-state index in [1.54, 1.807) is 0 Å². The van der Waals surface area contributed by atoms with Crippen LogP contribution >= 0.6 is 11.6 Å². The van der Waals surface area contributed by atoms with Gasteiger partial charge in [0.1, 0.15) is 11.3 Å². The van der Waals surface area contributed by atoms with Gasteiger partial charge in [0.2, 0.25) is 0 Å². The zero-order chi connectivity index (χ0) is 15.6. The molecule has 1 heterocycles. The molecule has 21 heavy (non-hydrogen) atoms. The molecule has 0 amide bonds. The van der Waals surface area contributed by atoms with Crippen LogP contribution in [0.15, 0.2) is 28.7 Å². The van der Waals surface area contributed by atoms with Crippen molar-refractivity contribution in [3.63, 3.8) is 0 Å². The van der Waals surface area contributed by atoms with Crippen LogP contribution in [0.2, 0.25) is 5.02 Å². The topological polar surface area (TPSA) is 51.2 Å². The van der Waals surface area contributed by atoms with Gasteiger partial charge in [0.15, 0.2) is 0 Å². The van der Waals surface area contributed by atoms with E-state index in [9.17, 15) is 0 Å². The standard InChI is InChI=1S/C17H25ClN2O/c1-11(10-17(2,3)4)7-14(20-19)16-9-12-8-13(18)5-6-15(12)21-16/h5-6,8-9,11,14,20H,7,10,19H2,1-4H3. The maximum atomic E-state index is 6.02. The number of nitrogens with one attached hydrogen (secondary N) is 1. The summed E-state index contributed by atoms with van der Waals surface area (Å²) in [4.78, 5) is 0. The highest BCUT2D eigenvalue weighted by Crippen LogP contribution is 2.32. The summed E-state index contributed by atoms with van der Waals surface area (Å²) in [5.74, 6) is 7.16. The Morgan fingerprint density at radius 3 is 2.62 bits per heavy atom. The van der Waals surface area contributed by atoms with Crippen molar-refractivity contribution in [1.82, 2.24) is 5.43 Å². The Bertz CT molecular complexity index is 600. The number of fused-ring (bicyclic) bond motifs is 1. The molecule has 2 aromatic rings. The number of hydrogen-bond acceptors (Lipinski definition) is 3. The van der Waals surface area contributed by atoms with Gasteiger partial charge in [-0.3, -0.25) is 5.84 Å². The maximum Gasteiger partial charge on any atom is 0.134 e. The van der Waals surface area contributed by atoms with E-state index in [1.165, 1.54) is 0 Å². The molecule has 0 aliphatic heterocycles. The highest BCUT2D eigenvalue weighted by atomic mass is 35.5. The fourth-order valence-electron chi connectivity index (χ4n) is 3.00. The van der Waals surface area contributed by atoms with Crippen molar-refractivity contribution in [2.75, 3.05) is 0 Å². The molecule has 1 aromatic heterocycles. The first-order chi connectivity index (χ1) is 9.78. The summed E-state index contributed by atoms with van der Waals surface area (Å²) >= 11 is 6.02. The Labute approximate surface area is 131 Å². The van der Waals surface area contributed by atoms with Gasteiger partial charge in [-0.25, -0.2) is 5.43 Å². The lowest BCUT2D eigenvalue weighted by atomic mass is 9.82. The summed E-state index contributed by atoms with van der Waals surface area (Å²) in [5.41, 5.74) is 4.05. The smallest absolute Gasteiger partial charge is 0.134 e. The van der Waals surface area contributed by atoms with Gasteiger partial charge in [-0.2, -0.15) is 0 Å². The molecule has 0 saturated carbocycles. The molecule has 0 bridgehead atoms. The van der Waals surface area contributed by atoms with Crippen molar-refractivity contribution in [3.05, 3.63) is 35.0 Å². The van der Waals surface area contributed by atoms with Crippen molar-refractivity contribution in [2.45, 2.75) is 46.6 Å². The first kappa shape index (κ1) is 16.3. The van der Waals surface area contributed by atoms with E-state index in [4.69, 9.17) is 21.9 Å². The van der Waals surface area contributed by atoms with Crippen molar-refractivity contribution in [1.29, 1.82) is 0 Å². The molecule has 116 valence electrons. The SMILES string of the molecule is CC(CC(NN)c1cc2cc(Cl)ccc2o1)CC(C)(C)C. The highest BCUT2D eigenvalue weighted by molar-refractivity contribution is 6.31. The van der Waals surface area contributed by atoms with Crippen LogP contribution in [-0.4, -0.2) is 0 Å². The number of hydrazine groups is 1. The molecule has 2 atom stereocenters. The third-order valence-electron chi connectivity index (χ3n) is 3.64. The second-order valence-corrected chi connectivity index (χ2v) is 7.59. The van der Waals surface area contributed by atoms with E-state index in [1.807, 2.05) is 24.3 Å². The van der Waals surface area contributed by atoms with Crippen LogP contribution in [-0.2, 0) is 0 Å². The van der Waals surface area contributed by atoms with Gasteiger partial charge in [-0.15, -0.1) is 0 Å². The Morgan fingerprint density at radius 2 is 2.00 bits per heavy atom. The summed E-state index contributed by atoms with van der Waals surface area (Å²) in [6, 6.07) is 7.69. The lowest BCUT2D eigenvalue weighted by Gasteiger charge is -2.25. The van der Waals surface area contributed by atoms with Crippen LogP contribution in [0.4, 0.5) is 0 Å². The Morgan fingerprint density at radius 1 is 1.29 bits per heavy atom. The molecule has 0 radical (unpaired) electrons. The molecule has 0 saturated heterocycles. The Balaban J connectivity index is 2.15. The molecule has 0 aliphatic carbocycles. The van der Waals surface area contributed by atoms with Crippen molar-refractivity contribution >= 4 is 22.6 Å². The Kier molecular flexibility index (Phi) is 4.97. The molecule has 0 spiro atoms. The van der Waals surface area contributed by atoms with Crippen LogP contribution in [0, 0.1) is 11.3 Å². The molecule has 4 heteroatoms. The zero-order valence-electron chi connectivity index (χ0n) is 13.2. The van der Waals surface area contributed by atoms with Crippen molar-refractivity contribution in [3.8, 4) is 0 Å². The fraction of sp³-hybridized carbons (Fsp3) is 0.529. The summed E-state index contributed by atoms with van der Waals surface area (Å²) < 4.78 is 5.91. The largest absolute Gasteiger partial charge is 0.459 e. The number of benzene rings is 1. The number of rotatable bonds is 5. The van der Waals surface area contributed by atoms with E-state index in [-0.39, 0.29) is 6.04 Å². The number of nitrogens with two attached hydrogens (primary N) is 1. The van der Waals surface area contributed by atoms with Gasteiger partial charge in [-0.1, -0.05) is 39.3 Å². The van der Waals surface area contributed by atoms with Crippen molar-refractivity contribution in [2.24, 2.45) is 17.2 Å². The predicted molar refractivity (Wildman–Crippen MR) is 89.1 cm³/mol. The summed E-state index contributed by atoms with van der Waals surface area (Å²) in [6.45, 7) is 9.04. The van der Waals surface area contributed by atoms with E-state index in [0.29, 0.717) is 16.4 Å². The average Bonchev–Trinajstić information content (AvgIpc) is 2.76. The van der Waals surface area contributed by atoms with Gasteiger partial charge in [0.05, 0.1) is 6.04 Å². The summed E-state index contributed by atoms with van der Waals surface area (Å²) in [6.07, 6.45) is 2.10. The quantitative estimate of drug-likeness (QED) is 0.600. The second-order valence-electron chi connectivity index (χ2n) is 7.16. The van der Waals surface area contributed by atoms with E-state index in [0.717, 1.165) is 29.6 Å². The number of furan rings is 1. The highest BCUT2D eigenvalue weighted by Gasteiger charge is 2.22. The van der Waals surface area contributed by atoms with Gasteiger partial charge in [0.25, 0.3) is 0 Å². The fourth-order valence-corrected chi connectivity index (χ4v) is 3.18. The number of hydrogen-bond donors (Lipinski definition) is 2. The minimum Gasteiger partial charge on any atom is -0.459 e. The summed E-state index contributed by atoms with van der Waals surface area (Å²) in [5, 5.41) is 1.73. The lowest BCUT2D eigenvalue weighted by molar-refractivity contribution is 0.266. The van der Waals surface area contributed by atoms with Gasteiger partial charge in [0, 0.05) is 10.4 Å². The maximum absolute atomic E-state index is 6.02. The molecule has 2 rings (SSSR count). The van der Waals surface area contributed by atoms with Crippen LogP contribution in [0.25, 0.3) is 11.0 Å². The van der Waals surface area contributed by atoms with Crippen LogP contribution < -0.4 is 11.3 Å². The number of halogens is 1. The molecular formula is C17H25ClN2O. The van der Waals surface area contributed by atoms with E-state index < -0.39 is 0 Å². The third kappa shape index (κ3) is 4.47. The van der Waals surface area contributed by atoms with Crippen LogP contribution in [0.1, 0.15) is 52.3 Å². The first-order valence-electron chi connectivity index (χ1n) is 7.43. The molecule has 1 aromatic carbocycles. The van der Waals surface area contributed by atoms with Crippen LogP contribution in [0.3, 0.4) is 0 Å². The second kappa shape index (κ2) is 6.39. The molecule has 2 unspecified atom stereocenters. The molecule has 3 N–H and O–H groups in total. The monoisotopic (exact) mass is 308 g/mol. The summed E-state index contributed by atoms with van der Waals surface area (Å²) in [7, 11) is 0. The van der Waals surface area contributed by atoms with E-state index >= 15 is 0 Å². The third-order valence-corrected chi connectivity index (χ3v) is 3.88. The van der Waals surface area contributed by atoms with Gasteiger partial charge in [-0.05, 0) is 48.4 Å². The average molecular weight is 309 g/mol.